The number of para-hydroxylation sites is 2. The second kappa shape index (κ2) is 5.35. The monoisotopic (exact) mass is 249 g/mol. The second-order valence-electron chi connectivity index (χ2n) is 4.93. The first-order chi connectivity index (χ1) is 8.59. The van der Waals surface area contributed by atoms with E-state index in [-0.39, 0.29) is 10.6 Å². The zero-order valence-electron chi connectivity index (χ0n) is 10.6. The molecule has 0 saturated heterocycles. The van der Waals surface area contributed by atoms with E-state index in [1.54, 1.807) is 12.1 Å². The van der Waals surface area contributed by atoms with Gasteiger partial charge in [0.2, 0.25) is 0 Å². The van der Waals surface area contributed by atoms with E-state index in [4.69, 9.17) is 5.73 Å². The minimum Gasteiger partial charge on any atom is -0.366 e. The van der Waals surface area contributed by atoms with Gasteiger partial charge in [0, 0.05) is 25.2 Å². The van der Waals surface area contributed by atoms with Crippen LogP contribution in [0, 0.1) is 10.1 Å². The van der Waals surface area contributed by atoms with E-state index in [0.717, 1.165) is 25.7 Å². The summed E-state index contributed by atoms with van der Waals surface area (Å²) in [5.41, 5.74) is 6.76. The quantitative estimate of drug-likeness (QED) is 0.659. The van der Waals surface area contributed by atoms with E-state index in [0.29, 0.717) is 17.8 Å². The molecular weight excluding hydrogens is 230 g/mol. The van der Waals surface area contributed by atoms with E-state index in [1.807, 2.05) is 24.1 Å². The first-order valence-corrected chi connectivity index (χ1v) is 6.31. The van der Waals surface area contributed by atoms with Crippen molar-refractivity contribution in [3.05, 3.63) is 34.4 Å². The largest absolute Gasteiger partial charge is 0.366 e. The van der Waals surface area contributed by atoms with Crippen LogP contribution in [0.2, 0.25) is 0 Å². The lowest BCUT2D eigenvalue weighted by molar-refractivity contribution is -0.384. The maximum absolute atomic E-state index is 11.0. The van der Waals surface area contributed by atoms with Crippen LogP contribution in [0.3, 0.4) is 0 Å². The van der Waals surface area contributed by atoms with Crippen LogP contribution in [0.4, 0.5) is 11.4 Å². The maximum atomic E-state index is 11.0. The lowest BCUT2D eigenvalue weighted by atomic mass is 9.90. The van der Waals surface area contributed by atoms with Crippen molar-refractivity contribution in [1.29, 1.82) is 0 Å². The molecular formula is C13H19N3O2. The van der Waals surface area contributed by atoms with E-state index in [2.05, 4.69) is 0 Å². The molecule has 1 fully saturated rings. The van der Waals surface area contributed by atoms with Gasteiger partial charge in [0.1, 0.15) is 5.69 Å². The van der Waals surface area contributed by atoms with Crippen LogP contribution in [0.25, 0.3) is 0 Å². The van der Waals surface area contributed by atoms with Gasteiger partial charge in [-0.25, -0.2) is 0 Å². The summed E-state index contributed by atoms with van der Waals surface area (Å²) in [6, 6.07) is 7.55. The Balaban J connectivity index is 2.18. The first-order valence-electron chi connectivity index (χ1n) is 6.31. The van der Waals surface area contributed by atoms with Crippen LogP contribution >= 0.6 is 0 Å². The Kier molecular flexibility index (Phi) is 3.81. The highest BCUT2D eigenvalue weighted by Crippen LogP contribution is 2.31. The molecule has 0 atom stereocenters. The van der Waals surface area contributed by atoms with Gasteiger partial charge in [0.05, 0.1) is 4.92 Å². The second-order valence-corrected chi connectivity index (χ2v) is 4.93. The molecule has 5 nitrogen and oxygen atoms in total. The average molecular weight is 249 g/mol. The highest BCUT2D eigenvalue weighted by molar-refractivity contribution is 5.63. The molecule has 5 heteroatoms. The zero-order chi connectivity index (χ0) is 13.1. The van der Waals surface area contributed by atoms with Crippen molar-refractivity contribution in [2.24, 2.45) is 5.73 Å². The van der Waals surface area contributed by atoms with Crippen molar-refractivity contribution < 1.29 is 4.92 Å². The summed E-state index contributed by atoms with van der Waals surface area (Å²) in [7, 11) is 1.93. The molecule has 1 aliphatic rings. The van der Waals surface area contributed by atoms with Crippen LogP contribution < -0.4 is 10.6 Å². The third-order valence-corrected chi connectivity index (χ3v) is 3.75. The van der Waals surface area contributed by atoms with Crippen molar-refractivity contribution in [2.45, 2.75) is 37.8 Å². The van der Waals surface area contributed by atoms with Gasteiger partial charge in [-0.1, -0.05) is 12.1 Å². The molecule has 98 valence electrons. The number of nitro groups is 1. The number of hydrogen-bond donors (Lipinski definition) is 1. The Morgan fingerprint density at radius 1 is 1.28 bits per heavy atom. The molecule has 0 heterocycles. The number of nitro benzene ring substituents is 1. The normalized spacial score (nSPS) is 23.7. The molecule has 0 radical (unpaired) electrons. The third-order valence-electron chi connectivity index (χ3n) is 3.75. The number of nitrogens with two attached hydrogens (primary N) is 1. The lowest BCUT2D eigenvalue weighted by Gasteiger charge is -2.34. The van der Waals surface area contributed by atoms with E-state index in [1.165, 1.54) is 0 Å². The zero-order valence-corrected chi connectivity index (χ0v) is 10.6. The molecule has 18 heavy (non-hydrogen) atoms. The van der Waals surface area contributed by atoms with E-state index < -0.39 is 0 Å². The summed E-state index contributed by atoms with van der Waals surface area (Å²) in [4.78, 5) is 12.7. The summed E-state index contributed by atoms with van der Waals surface area (Å²) in [5.74, 6) is 0. The minimum absolute atomic E-state index is 0.176. The SMILES string of the molecule is CN(c1ccccc1[N+](=O)[O-])C1CCC(N)CC1. The summed E-state index contributed by atoms with van der Waals surface area (Å²) < 4.78 is 0. The number of hydrogen-bond acceptors (Lipinski definition) is 4. The smallest absolute Gasteiger partial charge is 0.292 e. The number of rotatable bonds is 3. The lowest BCUT2D eigenvalue weighted by Crippen LogP contribution is -2.38. The Morgan fingerprint density at radius 2 is 1.89 bits per heavy atom. The van der Waals surface area contributed by atoms with Gasteiger partial charge in [-0.15, -0.1) is 0 Å². The van der Waals surface area contributed by atoms with Crippen molar-refractivity contribution in [3.8, 4) is 0 Å². The summed E-state index contributed by atoms with van der Waals surface area (Å²) in [6.45, 7) is 0. The fourth-order valence-electron chi connectivity index (χ4n) is 2.60. The molecule has 0 aromatic heterocycles. The maximum Gasteiger partial charge on any atom is 0.292 e. The van der Waals surface area contributed by atoms with Gasteiger partial charge >= 0.3 is 0 Å². The minimum atomic E-state index is -0.319. The Labute approximate surface area is 107 Å². The summed E-state index contributed by atoms with van der Waals surface area (Å²) in [6.07, 6.45) is 4.00. The van der Waals surface area contributed by atoms with Gasteiger partial charge in [-0.05, 0) is 31.7 Å². The molecule has 1 aromatic rings. The molecule has 2 rings (SSSR count). The molecule has 0 unspecified atom stereocenters. The Hall–Kier alpha value is -1.62. The highest BCUT2D eigenvalue weighted by Gasteiger charge is 2.25. The topological polar surface area (TPSA) is 72.4 Å². The van der Waals surface area contributed by atoms with Crippen LogP contribution in [0.15, 0.2) is 24.3 Å². The molecule has 0 aliphatic heterocycles. The van der Waals surface area contributed by atoms with Crippen molar-refractivity contribution in [2.75, 3.05) is 11.9 Å². The van der Waals surface area contributed by atoms with Crippen molar-refractivity contribution >= 4 is 11.4 Å². The predicted molar refractivity (Wildman–Crippen MR) is 71.7 cm³/mol. The number of anilines is 1. The molecule has 1 aliphatic carbocycles. The summed E-state index contributed by atoms with van der Waals surface area (Å²) in [5, 5.41) is 11.0. The van der Waals surface area contributed by atoms with Gasteiger partial charge in [0.15, 0.2) is 0 Å². The summed E-state index contributed by atoms with van der Waals surface area (Å²) >= 11 is 0. The molecule has 0 amide bonds. The molecule has 0 bridgehead atoms. The Morgan fingerprint density at radius 3 is 2.50 bits per heavy atom. The molecule has 1 saturated carbocycles. The molecule has 0 spiro atoms. The third kappa shape index (κ3) is 2.61. The molecule has 2 N–H and O–H groups in total. The van der Waals surface area contributed by atoms with Crippen molar-refractivity contribution in [3.63, 3.8) is 0 Å². The number of benzene rings is 1. The number of nitrogens with zero attached hydrogens (tertiary/aromatic N) is 2. The van der Waals surface area contributed by atoms with Gasteiger partial charge in [-0.3, -0.25) is 10.1 Å². The first kappa shape index (κ1) is 12.8. The highest BCUT2D eigenvalue weighted by atomic mass is 16.6. The van der Waals surface area contributed by atoms with Gasteiger partial charge < -0.3 is 10.6 Å². The van der Waals surface area contributed by atoms with E-state index >= 15 is 0 Å². The average Bonchev–Trinajstić information content (AvgIpc) is 2.39. The van der Waals surface area contributed by atoms with Crippen molar-refractivity contribution in [1.82, 2.24) is 0 Å². The van der Waals surface area contributed by atoms with Gasteiger partial charge in [-0.2, -0.15) is 0 Å². The van der Waals surface area contributed by atoms with Crippen LogP contribution in [0.5, 0.6) is 0 Å². The van der Waals surface area contributed by atoms with Crippen LogP contribution in [-0.2, 0) is 0 Å². The predicted octanol–water partition coefficient (Wildman–Crippen LogP) is 2.30. The standard InChI is InChI=1S/C13H19N3O2/c1-15(11-8-6-10(14)7-9-11)12-4-2-3-5-13(12)16(17)18/h2-5,10-11H,6-9,14H2,1H3. The fourth-order valence-corrected chi connectivity index (χ4v) is 2.60. The Bertz CT molecular complexity index is 428. The van der Waals surface area contributed by atoms with Crippen LogP contribution in [-0.4, -0.2) is 24.1 Å². The molecule has 1 aromatic carbocycles. The van der Waals surface area contributed by atoms with E-state index in [9.17, 15) is 10.1 Å². The van der Waals surface area contributed by atoms with Gasteiger partial charge in [0.25, 0.3) is 5.69 Å². The van der Waals surface area contributed by atoms with Crippen LogP contribution in [0.1, 0.15) is 25.7 Å². The fraction of sp³-hybridized carbons (Fsp3) is 0.538.